The molecule has 2 N–H and O–H groups in total. The van der Waals surface area contributed by atoms with Crippen LogP contribution < -0.4 is 10.9 Å². The number of hydrogen-bond donors (Lipinski definition) is 2. The smallest absolute Gasteiger partial charge is 0.0556 e. The van der Waals surface area contributed by atoms with Crippen LogP contribution >= 0.6 is 11.8 Å². The van der Waals surface area contributed by atoms with E-state index >= 15 is 0 Å². The molecule has 0 saturated heterocycles. The molecule has 0 fully saturated rings. The quantitative estimate of drug-likeness (QED) is 0.319. The monoisotopic (exact) mass is 120 g/mol. The number of rotatable bonds is 4. The zero-order valence-electron chi connectivity index (χ0n) is 4.82. The summed E-state index contributed by atoms with van der Waals surface area (Å²) in [6.07, 6.45) is 0. The highest BCUT2D eigenvalue weighted by Crippen LogP contribution is 1.91. The van der Waals surface area contributed by atoms with E-state index in [0.29, 0.717) is 0 Å². The Hall–Kier alpha value is 0.270. The third kappa shape index (κ3) is 6.27. The highest BCUT2D eigenvalue weighted by molar-refractivity contribution is 7.99. The SMILES string of the molecule is CCSCNNC. The lowest BCUT2D eigenvalue weighted by Crippen LogP contribution is -2.26. The summed E-state index contributed by atoms with van der Waals surface area (Å²) in [5.74, 6) is 2.17. The Bertz CT molecular complexity index is 28.9. The number of nitrogens with one attached hydrogen (secondary N) is 2. The molecule has 0 aliphatic heterocycles. The van der Waals surface area contributed by atoms with Crippen LogP contribution in [0.1, 0.15) is 6.92 Å². The lowest BCUT2D eigenvalue weighted by Gasteiger charge is -1.97. The van der Waals surface area contributed by atoms with Gasteiger partial charge in [-0.1, -0.05) is 6.92 Å². The number of hydrogen-bond acceptors (Lipinski definition) is 3. The Balaban J connectivity index is 2.45. The molecule has 2 nitrogen and oxygen atoms in total. The van der Waals surface area contributed by atoms with Crippen molar-refractivity contribution in [2.45, 2.75) is 6.92 Å². The lowest BCUT2D eigenvalue weighted by atomic mass is 11.0. The molecule has 0 rings (SSSR count). The number of thioether (sulfide) groups is 1. The molecule has 7 heavy (non-hydrogen) atoms. The predicted octanol–water partition coefficient (Wildman–Crippen LogP) is 0.421. The van der Waals surface area contributed by atoms with Crippen molar-refractivity contribution in [2.24, 2.45) is 0 Å². The Morgan fingerprint density at radius 2 is 2.29 bits per heavy atom. The maximum absolute atomic E-state index is 2.96. The van der Waals surface area contributed by atoms with Crippen LogP contribution in [0.5, 0.6) is 0 Å². The first kappa shape index (κ1) is 7.27. The summed E-state index contributed by atoms with van der Waals surface area (Å²) in [6.45, 7) is 2.14. The van der Waals surface area contributed by atoms with Gasteiger partial charge in [-0.3, -0.25) is 5.43 Å². The second-order valence-electron chi connectivity index (χ2n) is 1.06. The summed E-state index contributed by atoms with van der Waals surface area (Å²) in [4.78, 5) is 0. The fourth-order valence-electron chi connectivity index (χ4n) is 0.225. The second-order valence-corrected chi connectivity index (χ2v) is 2.34. The summed E-state index contributed by atoms with van der Waals surface area (Å²) in [6, 6.07) is 0. The maximum Gasteiger partial charge on any atom is 0.0556 e. The van der Waals surface area contributed by atoms with E-state index in [1.54, 1.807) is 0 Å². The normalized spacial score (nSPS) is 9.43. The maximum atomic E-state index is 2.96. The van der Waals surface area contributed by atoms with Crippen molar-refractivity contribution >= 4 is 11.8 Å². The van der Waals surface area contributed by atoms with Crippen LogP contribution in [-0.2, 0) is 0 Å². The van der Waals surface area contributed by atoms with E-state index in [1.807, 2.05) is 18.8 Å². The van der Waals surface area contributed by atoms with Crippen molar-refractivity contribution in [3.05, 3.63) is 0 Å². The summed E-state index contributed by atoms with van der Waals surface area (Å²) in [7, 11) is 1.87. The van der Waals surface area contributed by atoms with E-state index in [2.05, 4.69) is 17.8 Å². The van der Waals surface area contributed by atoms with Gasteiger partial charge in [-0.15, -0.1) is 11.8 Å². The van der Waals surface area contributed by atoms with Gasteiger partial charge in [0.15, 0.2) is 0 Å². The van der Waals surface area contributed by atoms with Crippen molar-refractivity contribution in [1.29, 1.82) is 0 Å². The Labute approximate surface area is 49.0 Å². The van der Waals surface area contributed by atoms with Gasteiger partial charge in [0.05, 0.1) is 5.88 Å². The number of hydrazine groups is 1. The summed E-state index contributed by atoms with van der Waals surface area (Å²) in [5.41, 5.74) is 5.79. The van der Waals surface area contributed by atoms with Crippen LogP contribution in [-0.4, -0.2) is 18.7 Å². The van der Waals surface area contributed by atoms with Gasteiger partial charge in [-0.05, 0) is 12.8 Å². The van der Waals surface area contributed by atoms with Crippen LogP contribution in [0, 0.1) is 0 Å². The van der Waals surface area contributed by atoms with Crippen molar-refractivity contribution < 1.29 is 0 Å². The van der Waals surface area contributed by atoms with E-state index < -0.39 is 0 Å². The average molecular weight is 120 g/mol. The topological polar surface area (TPSA) is 24.1 Å². The van der Waals surface area contributed by atoms with Gasteiger partial charge in [0.2, 0.25) is 0 Å². The largest absolute Gasteiger partial charge is 0.260 e. The highest BCUT2D eigenvalue weighted by atomic mass is 32.2. The molecule has 44 valence electrons. The molecule has 0 aromatic rings. The van der Waals surface area contributed by atoms with Gasteiger partial charge < -0.3 is 0 Å². The Morgan fingerprint density at radius 1 is 1.57 bits per heavy atom. The molecule has 0 bridgehead atoms. The summed E-state index contributed by atoms with van der Waals surface area (Å²) < 4.78 is 0. The van der Waals surface area contributed by atoms with Crippen molar-refractivity contribution in [3.8, 4) is 0 Å². The Kier molecular flexibility index (Phi) is 6.51. The molecular weight excluding hydrogens is 108 g/mol. The van der Waals surface area contributed by atoms with E-state index in [9.17, 15) is 0 Å². The molecule has 3 heteroatoms. The van der Waals surface area contributed by atoms with Crippen LogP contribution in [0.15, 0.2) is 0 Å². The molecule has 0 aromatic carbocycles. The van der Waals surface area contributed by atoms with Crippen molar-refractivity contribution in [2.75, 3.05) is 18.7 Å². The second kappa shape index (κ2) is 6.27. The Morgan fingerprint density at radius 3 is 2.71 bits per heavy atom. The minimum Gasteiger partial charge on any atom is -0.260 e. The van der Waals surface area contributed by atoms with Crippen LogP contribution in [0.2, 0.25) is 0 Å². The zero-order valence-corrected chi connectivity index (χ0v) is 5.64. The standard InChI is InChI=1S/C4H12N2S/c1-3-7-4-6-5-2/h5-6H,3-4H2,1-2H3. The molecule has 0 aliphatic carbocycles. The summed E-state index contributed by atoms with van der Waals surface area (Å²) in [5, 5.41) is 0. The minimum absolute atomic E-state index is 0.993. The van der Waals surface area contributed by atoms with Crippen LogP contribution in [0.25, 0.3) is 0 Å². The molecular formula is C4H12N2S. The van der Waals surface area contributed by atoms with Crippen LogP contribution in [0.3, 0.4) is 0 Å². The van der Waals surface area contributed by atoms with Gasteiger partial charge in [0.1, 0.15) is 0 Å². The molecule has 0 heterocycles. The van der Waals surface area contributed by atoms with Crippen LogP contribution in [0.4, 0.5) is 0 Å². The van der Waals surface area contributed by atoms with E-state index in [-0.39, 0.29) is 0 Å². The zero-order chi connectivity index (χ0) is 5.54. The third-order valence-electron chi connectivity index (χ3n) is 0.555. The van der Waals surface area contributed by atoms with Crippen molar-refractivity contribution in [3.63, 3.8) is 0 Å². The van der Waals surface area contributed by atoms with E-state index in [4.69, 9.17) is 0 Å². The van der Waals surface area contributed by atoms with Gasteiger partial charge in [0.25, 0.3) is 0 Å². The lowest BCUT2D eigenvalue weighted by molar-refractivity contribution is 0.673. The van der Waals surface area contributed by atoms with E-state index in [1.165, 1.54) is 5.75 Å². The highest BCUT2D eigenvalue weighted by Gasteiger charge is 1.76. The molecule has 0 radical (unpaired) electrons. The first-order valence-electron chi connectivity index (χ1n) is 2.39. The van der Waals surface area contributed by atoms with Gasteiger partial charge in [-0.2, -0.15) is 0 Å². The minimum atomic E-state index is 0.993. The first-order valence-corrected chi connectivity index (χ1v) is 3.54. The van der Waals surface area contributed by atoms with Gasteiger partial charge in [0, 0.05) is 0 Å². The molecule has 0 amide bonds. The van der Waals surface area contributed by atoms with Gasteiger partial charge >= 0.3 is 0 Å². The predicted molar refractivity (Wildman–Crippen MR) is 35.2 cm³/mol. The fraction of sp³-hybridized carbons (Fsp3) is 1.00. The molecule has 0 aliphatic rings. The molecule has 0 unspecified atom stereocenters. The first-order chi connectivity index (χ1) is 3.41. The van der Waals surface area contributed by atoms with E-state index in [0.717, 1.165) is 5.88 Å². The molecule has 0 saturated carbocycles. The molecule has 0 atom stereocenters. The fourth-order valence-corrected chi connectivity index (χ4v) is 0.676. The summed E-state index contributed by atoms with van der Waals surface area (Å²) >= 11 is 1.86. The average Bonchev–Trinajstić information content (AvgIpc) is 1.69. The van der Waals surface area contributed by atoms with Crippen molar-refractivity contribution in [1.82, 2.24) is 10.9 Å². The third-order valence-corrected chi connectivity index (χ3v) is 1.31. The molecule has 0 spiro atoms. The molecule has 0 aromatic heterocycles. The van der Waals surface area contributed by atoms with Gasteiger partial charge in [-0.25, -0.2) is 5.43 Å².